The van der Waals surface area contributed by atoms with Crippen molar-refractivity contribution in [3.8, 4) is 0 Å². The zero-order chi connectivity index (χ0) is 8.15. The van der Waals surface area contributed by atoms with Gasteiger partial charge >= 0.3 is 5.97 Å². The fourth-order valence-corrected chi connectivity index (χ4v) is 0.606. The third kappa shape index (κ3) is 2.33. The third-order valence-corrected chi connectivity index (χ3v) is 1.13. The van der Waals surface area contributed by atoms with Crippen LogP contribution in [0.5, 0.6) is 0 Å². The normalized spacial score (nSPS) is 16.0. The number of rotatable bonds is 3. The second kappa shape index (κ2) is 4.24. The minimum Gasteiger partial charge on any atom is -0.467 e. The Hall–Kier alpha value is -0.610. The predicted octanol–water partition coefficient (Wildman–Crippen LogP) is -0.445. The van der Waals surface area contributed by atoms with Crippen LogP contribution in [-0.2, 0) is 14.3 Å². The quantitative estimate of drug-likeness (QED) is 0.551. The molecule has 4 heteroatoms. The average Bonchev–Trinajstić information content (AvgIpc) is 1.88. The molecule has 0 spiro atoms. The highest BCUT2D eigenvalue weighted by Crippen LogP contribution is 1.98. The van der Waals surface area contributed by atoms with Gasteiger partial charge in [-0.2, -0.15) is 0 Å². The number of ether oxygens (including phenoxy) is 2. The summed E-state index contributed by atoms with van der Waals surface area (Å²) in [5, 5.41) is 8.89. The van der Waals surface area contributed by atoms with Gasteiger partial charge in [0.05, 0.1) is 13.2 Å². The highest BCUT2D eigenvalue weighted by molar-refractivity contribution is 5.75. The van der Waals surface area contributed by atoms with Crippen LogP contribution in [-0.4, -0.2) is 37.5 Å². The molecule has 0 aromatic carbocycles. The second-order valence-electron chi connectivity index (χ2n) is 1.92. The van der Waals surface area contributed by atoms with Crippen LogP contribution in [0.25, 0.3) is 0 Å². The lowest BCUT2D eigenvalue weighted by atomic mass is 10.2. The summed E-state index contributed by atoms with van der Waals surface area (Å²) in [6.07, 6.45) is -1.71. The molecule has 0 fully saturated rings. The van der Waals surface area contributed by atoms with Gasteiger partial charge in [0.1, 0.15) is 0 Å². The van der Waals surface area contributed by atoms with Crippen LogP contribution in [0, 0.1) is 0 Å². The largest absolute Gasteiger partial charge is 0.467 e. The van der Waals surface area contributed by atoms with Crippen molar-refractivity contribution in [2.24, 2.45) is 0 Å². The lowest BCUT2D eigenvalue weighted by Gasteiger charge is -2.14. The predicted molar refractivity (Wildman–Crippen MR) is 34.5 cm³/mol. The number of hydrogen-bond acceptors (Lipinski definition) is 4. The molecule has 0 aromatic heterocycles. The van der Waals surface area contributed by atoms with Gasteiger partial charge in [-0.1, -0.05) is 0 Å². The number of methoxy groups -OCH3 is 2. The summed E-state index contributed by atoms with van der Waals surface area (Å²) in [5.41, 5.74) is 0. The molecule has 60 valence electrons. The van der Waals surface area contributed by atoms with E-state index in [1.165, 1.54) is 21.1 Å². The molecule has 2 atom stereocenters. The van der Waals surface area contributed by atoms with E-state index in [4.69, 9.17) is 5.11 Å². The SMILES string of the molecule is COC(=O)C(OC)C(C)O. The van der Waals surface area contributed by atoms with Crippen LogP contribution in [0.1, 0.15) is 6.92 Å². The van der Waals surface area contributed by atoms with Crippen LogP contribution >= 0.6 is 0 Å². The molecule has 0 saturated heterocycles. The van der Waals surface area contributed by atoms with Crippen LogP contribution < -0.4 is 0 Å². The van der Waals surface area contributed by atoms with E-state index in [1.54, 1.807) is 0 Å². The van der Waals surface area contributed by atoms with E-state index in [-0.39, 0.29) is 0 Å². The van der Waals surface area contributed by atoms with Gasteiger partial charge in [0.25, 0.3) is 0 Å². The Labute approximate surface area is 59.7 Å². The fourth-order valence-electron chi connectivity index (χ4n) is 0.606. The molecular formula is C6H12O4. The Balaban J connectivity index is 3.93. The van der Waals surface area contributed by atoms with Gasteiger partial charge in [-0.3, -0.25) is 0 Å². The first-order chi connectivity index (χ1) is 4.63. The Kier molecular flexibility index (Phi) is 3.99. The zero-order valence-corrected chi connectivity index (χ0v) is 6.33. The lowest BCUT2D eigenvalue weighted by molar-refractivity contribution is -0.158. The summed E-state index contributed by atoms with van der Waals surface area (Å²) in [6, 6.07) is 0. The van der Waals surface area contributed by atoms with Gasteiger partial charge in [-0.15, -0.1) is 0 Å². The van der Waals surface area contributed by atoms with Crippen molar-refractivity contribution in [1.29, 1.82) is 0 Å². The topological polar surface area (TPSA) is 55.8 Å². The van der Waals surface area contributed by atoms with E-state index < -0.39 is 18.2 Å². The first-order valence-electron chi connectivity index (χ1n) is 2.92. The molecule has 0 radical (unpaired) electrons. The van der Waals surface area contributed by atoms with Gasteiger partial charge in [0, 0.05) is 7.11 Å². The van der Waals surface area contributed by atoms with Gasteiger partial charge < -0.3 is 14.6 Å². The maximum absolute atomic E-state index is 10.7. The average molecular weight is 148 g/mol. The van der Waals surface area contributed by atoms with Gasteiger partial charge in [0.2, 0.25) is 0 Å². The zero-order valence-electron chi connectivity index (χ0n) is 6.33. The highest BCUT2D eigenvalue weighted by atomic mass is 16.6. The summed E-state index contributed by atoms with van der Waals surface area (Å²) in [7, 11) is 2.59. The summed E-state index contributed by atoms with van der Waals surface area (Å²) < 4.78 is 8.98. The number of hydrogen-bond donors (Lipinski definition) is 1. The van der Waals surface area contributed by atoms with Crippen molar-refractivity contribution in [2.45, 2.75) is 19.1 Å². The van der Waals surface area contributed by atoms with Gasteiger partial charge in [-0.25, -0.2) is 4.79 Å². The molecule has 0 aliphatic heterocycles. The molecule has 10 heavy (non-hydrogen) atoms. The first kappa shape index (κ1) is 9.39. The Morgan fingerprint density at radius 1 is 1.50 bits per heavy atom. The number of carbonyl (C=O) groups excluding carboxylic acids is 1. The Morgan fingerprint density at radius 2 is 2.00 bits per heavy atom. The van der Waals surface area contributed by atoms with Crippen LogP contribution in [0.3, 0.4) is 0 Å². The molecule has 0 aromatic rings. The molecule has 0 amide bonds. The number of carbonyl (C=O) groups is 1. The lowest BCUT2D eigenvalue weighted by Crippen LogP contribution is -2.34. The first-order valence-corrected chi connectivity index (χ1v) is 2.92. The van der Waals surface area contributed by atoms with Crippen LogP contribution in [0.4, 0.5) is 0 Å². The number of aliphatic hydroxyl groups excluding tert-OH is 1. The third-order valence-electron chi connectivity index (χ3n) is 1.13. The van der Waals surface area contributed by atoms with Crippen LogP contribution in [0.15, 0.2) is 0 Å². The second-order valence-corrected chi connectivity index (χ2v) is 1.92. The smallest absolute Gasteiger partial charge is 0.337 e. The molecule has 0 saturated carbocycles. The van der Waals surface area contributed by atoms with E-state index in [0.717, 1.165) is 0 Å². The van der Waals surface area contributed by atoms with E-state index in [9.17, 15) is 4.79 Å². The molecule has 0 aliphatic carbocycles. The molecule has 1 N–H and O–H groups in total. The van der Waals surface area contributed by atoms with E-state index in [2.05, 4.69) is 9.47 Å². The van der Waals surface area contributed by atoms with Crippen molar-refractivity contribution in [1.82, 2.24) is 0 Å². The number of esters is 1. The molecular weight excluding hydrogens is 136 g/mol. The maximum atomic E-state index is 10.7. The monoisotopic (exact) mass is 148 g/mol. The number of aliphatic hydroxyl groups is 1. The molecule has 0 rings (SSSR count). The summed E-state index contributed by atoms with van der Waals surface area (Å²) >= 11 is 0. The van der Waals surface area contributed by atoms with E-state index >= 15 is 0 Å². The van der Waals surface area contributed by atoms with Crippen LogP contribution in [0.2, 0.25) is 0 Å². The summed E-state index contributed by atoms with van der Waals surface area (Å²) in [4.78, 5) is 10.7. The van der Waals surface area contributed by atoms with Crippen molar-refractivity contribution in [3.05, 3.63) is 0 Å². The minimum absolute atomic E-state index is 0.558. The van der Waals surface area contributed by atoms with Crippen molar-refractivity contribution < 1.29 is 19.4 Å². The fraction of sp³-hybridized carbons (Fsp3) is 0.833. The molecule has 0 heterocycles. The molecule has 4 nitrogen and oxygen atoms in total. The van der Waals surface area contributed by atoms with Gasteiger partial charge in [-0.05, 0) is 6.92 Å². The Morgan fingerprint density at radius 3 is 2.10 bits per heavy atom. The molecule has 2 unspecified atom stereocenters. The summed E-state index contributed by atoms with van der Waals surface area (Å²) in [5.74, 6) is -0.558. The molecule has 0 bridgehead atoms. The van der Waals surface area contributed by atoms with Gasteiger partial charge in [0.15, 0.2) is 6.10 Å². The van der Waals surface area contributed by atoms with Crippen molar-refractivity contribution >= 4 is 5.97 Å². The summed E-state index contributed by atoms with van der Waals surface area (Å²) in [6.45, 7) is 1.46. The van der Waals surface area contributed by atoms with Crippen molar-refractivity contribution in [2.75, 3.05) is 14.2 Å². The molecule has 0 aliphatic rings. The Bertz CT molecular complexity index is 110. The standard InChI is InChI=1S/C6H12O4/c1-4(7)5(9-2)6(8)10-3/h4-5,7H,1-3H3. The van der Waals surface area contributed by atoms with E-state index in [1.807, 2.05) is 0 Å². The highest BCUT2D eigenvalue weighted by Gasteiger charge is 2.23. The minimum atomic E-state index is -0.870. The van der Waals surface area contributed by atoms with Crippen molar-refractivity contribution in [3.63, 3.8) is 0 Å². The van der Waals surface area contributed by atoms with E-state index in [0.29, 0.717) is 0 Å². The maximum Gasteiger partial charge on any atom is 0.337 e.